The van der Waals surface area contributed by atoms with E-state index in [2.05, 4.69) is 9.89 Å². The highest BCUT2D eigenvalue weighted by Gasteiger charge is 2.16. The Morgan fingerprint density at radius 2 is 1.63 bits per heavy atom. The first-order chi connectivity index (χ1) is 13.2. The summed E-state index contributed by atoms with van der Waals surface area (Å²) < 4.78 is 12.8. The molecular weight excluding hydrogens is 362 g/mol. The van der Waals surface area contributed by atoms with Gasteiger partial charge in [-0.15, -0.1) is 0 Å². The van der Waals surface area contributed by atoms with Crippen molar-refractivity contribution in [2.75, 3.05) is 25.8 Å². The Kier molecular flexibility index (Phi) is 4.68. The first-order valence-electron chi connectivity index (χ1n) is 8.47. The van der Waals surface area contributed by atoms with Crippen LogP contribution in [0.1, 0.15) is 5.56 Å². The summed E-state index contributed by atoms with van der Waals surface area (Å²) in [6, 6.07) is 15.4. The molecule has 2 heterocycles. The second-order valence-electron chi connectivity index (χ2n) is 6.08. The van der Waals surface area contributed by atoms with Gasteiger partial charge in [0.1, 0.15) is 24.8 Å². The molecular formula is C20H19N3O3S. The van der Waals surface area contributed by atoms with E-state index in [-0.39, 0.29) is 5.56 Å². The predicted molar refractivity (Wildman–Crippen MR) is 106 cm³/mol. The molecule has 3 aromatic rings. The molecule has 0 amide bonds. The molecule has 0 aliphatic carbocycles. The Morgan fingerprint density at radius 3 is 2.26 bits per heavy atom. The maximum Gasteiger partial charge on any atom is 0.271 e. The molecule has 138 valence electrons. The maximum atomic E-state index is 12.8. The zero-order valence-corrected chi connectivity index (χ0v) is 15.9. The van der Waals surface area contributed by atoms with Crippen molar-refractivity contribution in [3.8, 4) is 11.5 Å². The molecule has 27 heavy (non-hydrogen) atoms. The highest BCUT2D eigenvalue weighted by Crippen LogP contribution is 2.20. The average molecular weight is 381 g/mol. The molecule has 6 nitrogen and oxygen atoms in total. The number of nitrogens with zero attached hydrogens (tertiary/aromatic N) is 3. The SMILES string of the molecule is COc1ccc(/C=c2/sc3n(c2=O)CN(c2ccc(OC)cc2)CN=3)cc1. The number of fused-ring (bicyclic) bond motifs is 1. The first kappa shape index (κ1) is 17.4. The highest BCUT2D eigenvalue weighted by atomic mass is 32.1. The lowest BCUT2D eigenvalue weighted by atomic mass is 10.2. The number of aromatic nitrogens is 1. The van der Waals surface area contributed by atoms with Gasteiger partial charge < -0.3 is 14.4 Å². The van der Waals surface area contributed by atoms with Crippen molar-refractivity contribution in [3.63, 3.8) is 0 Å². The lowest BCUT2D eigenvalue weighted by Gasteiger charge is -2.25. The van der Waals surface area contributed by atoms with Crippen molar-refractivity contribution >= 4 is 23.1 Å². The fourth-order valence-electron chi connectivity index (χ4n) is 2.92. The Hall–Kier alpha value is -3.06. The van der Waals surface area contributed by atoms with Gasteiger partial charge in [-0.25, -0.2) is 4.99 Å². The van der Waals surface area contributed by atoms with E-state index in [0.29, 0.717) is 17.9 Å². The van der Waals surface area contributed by atoms with Gasteiger partial charge >= 0.3 is 0 Å². The second kappa shape index (κ2) is 7.28. The van der Waals surface area contributed by atoms with Crippen LogP contribution in [0.25, 0.3) is 6.08 Å². The quantitative estimate of drug-likeness (QED) is 0.692. The summed E-state index contributed by atoms with van der Waals surface area (Å²) in [6.07, 6.45) is 1.89. The Bertz CT molecular complexity index is 1120. The molecule has 0 N–H and O–H groups in total. The summed E-state index contributed by atoms with van der Waals surface area (Å²) >= 11 is 1.42. The zero-order chi connectivity index (χ0) is 18.8. The molecule has 0 unspecified atom stereocenters. The van der Waals surface area contributed by atoms with Gasteiger partial charge in [0.15, 0.2) is 4.80 Å². The molecule has 1 aliphatic rings. The van der Waals surface area contributed by atoms with E-state index < -0.39 is 0 Å². The molecule has 0 spiro atoms. The number of hydrogen-bond acceptors (Lipinski definition) is 6. The minimum Gasteiger partial charge on any atom is -0.497 e. The Balaban J connectivity index is 1.64. The molecule has 0 bridgehead atoms. The lowest BCUT2D eigenvalue weighted by Crippen LogP contribution is -2.42. The number of methoxy groups -OCH3 is 2. The Morgan fingerprint density at radius 1 is 1.00 bits per heavy atom. The molecule has 0 fully saturated rings. The fourth-order valence-corrected chi connectivity index (χ4v) is 3.88. The van der Waals surface area contributed by atoms with Crippen molar-refractivity contribution in [2.45, 2.75) is 6.67 Å². The largest absolute Gasteiger partial charge is 0.497 e. The fraction of sp³-hybridized carbons (Fsp3) is 0.200. The van der Waals surface area contributed by atoms with Crippen LogP contribution in [0.3, 0.4) is 0 Å². The minimum absolute atomic E-state index is 0.0206. The van der Waals surface area contributed by atoms with Crippen molar-refractivity contribution in [3.05, 3.63) is 73.8 Å². The van der Waals surface area contributed by atoms with Gasteiger partial charge in [0.25, 0.3) is 5.56 Å². The molecule has 4 rings (SSSR count). The Labute approximate surface area is 160 Å². The van der Waals surface area contributed by atoms with Crippen LogP contribution in [0.2, 0.25) is 0 Å². The van der Waals surface area contributed by atoms with Gasteiger partial charge in [-0.1, -0.05) is 23.5 Å². The number of ether oxygens (including phenoxy) is 2. The normalized spacial score (nSPS) is 13.9. The highest BCUT2D eigenvalue weighted by molar-refractivity contribution is 7.07. The number of thiazole rings is 1. The van der Waals surface area contributed by atoms with Gasteiger partial charge in [-0.05, 0) is 48.0 Å². The van der Waals surface area contributed by atoms with E-state index in [1.54, 1.807) is 18.8 Å². The van der Waals surface area contributed by atoms with E-state index in [0.717, 1.165) is 27.6 Å². The maximum absolute atomic E-state index is 12.8. The van der Waals surface area contributed by atoms with Crippen LogP contribution in [0.15, 0.2) is 58.3 Å². The molecule has 0 saturated heterocycles. The summed E-state index contributed by atoms with van der Waals surface area (Å²) in [7, 11) is 3.28. The van der Waals surface area contributed by atoms with E-state index in [1.165, 1.54) is 11.3 Å². The molecule has 0 radical (unpaired) electrons. The van der Waals surface area contributed by atoms with Crippen LogP contribution in [0.4, 0.5) is 5.69 Å². The van der Waals surface area contributed by atoms with E-state index in [9.17, 15) is 4.79 Å². The van der Waals surface area contributed by atoms with Crippen molar-refractivity contribution in [1.29, 1.82) is 0 Å². The van der Waals surface area contributed by atoms with Gasteiger partial charge in [0, 0.05) is 5.69 Å². The minimum atomic E-state index is -0.0206. The lowest BCUT2D eigenvalue weighted by molar-refractivity contribution is 0.414. The van der Waals surface area contributed by atoms with Crippen molar-refractivity contribution in [2.24, 2.45) is 4.99 Å². The summed E-state index contributed by atoms with van der Waals surface area (Å²) in [5.74, 6) is 1.59. The number of anilines is 1. The third-order valence-electron chi connectivity index (χ3n) is 4.43. The number of hydrogen-bond donors (Lipinski definition) is 0. The van der Waals surface area contributed by atoms with E-state index >= 15 is 0 Å². The van der Waals surface area contributed by atoms with Crippen LogP contribution in [0.5, 0.6) is 11.5 Å². The molecule has 7 heteroatoms. The summed E-state index contributed by atoms with van der Waals surface area (Å²) in [5.41, 5.74) is 1.94. The van der Waals surface area contributed by atoms with Crippen molar-refractivity contribution < 1.29 is 9.47 Å². The van der Waals surface area contributed by atoms with Crippen LogP contribution in [0, 0.1) is 0 Å². The van der Waals surface area contributed by atoms with Crippen molar-refractivity contribution in [1.82, 2.24) is 4.57 Å². The molecule has 0 atom stereocenters. The average Bonchev–Trinajstić information content (AvgIpc) is 3.03. The predicted octanol–water partition coefficient (Wildman–Crippen LogP) is 1.81. The van der Waals surface area contributed by atoms with Gasteiger partial charge in [-0.3, -0.25) is 9.36 Å². The van der Waals surface area contributed by atoms with Crippen LogP contribution in [-0.4, -0.2) is 25.5 Å². The van der Waals surface area contributed by atoms with Crippen LogP contribution in [-0.2, 0) is 6.67 Å². The topological polar surface area (TPSA) is 56.1 Å². The number of benzene rings is 2. The second-order valence-corrected chi connectivity index (χ2v) is 7.09. The van der Waals surface area contributed by atoms with Gasteiger partial charge in [0.2, 0.25) is 0 Å². The standard InChI is InChI=1S/C20H19N3O3S/c1-25-16-7-3-14(4-8-16)11-18-19(24)23-13-22(12-21-20(23)27-18)15-5-9-17(26-2)10-6-15/h3-11H,12-13H2,1-2H3/b18-11+. The van der Waals surface area contributed by atoms with Gasteiger partial charge in [-0.2, -0.15) is 0 Å². The third-order valence-corrected chi connectivity index (χ3v) is 5.47. The number of rotatable bonds is 4. The van der Waals surface area contributed by atoms with E-state index in [4.69, 9.17) is 9.47 Å². The zero-order valence-electron chi connectivity index (χ0n) is 15.1. The van der Waals surface area contributed by atoms with Crippen LogP contribution >= 0.6 is 11.3 Å². The molecule has 0 saturated carbocycles. The van der Waals surface area contributed by atoms with E-state index in [1.807, 2.05) is 54.6 Å². The monoisotopic (exact) mass is 381 g/mol. The molecule has 1 aliphatic heterocycles. The first-order valence-corrected chi connectivity index (χ1v) is 9.28. The summed E-state index contributed by atoms with van der Waals surface area (Å²) in [6.45, 7) is 1.01. The third kappa shape index (κ3) is 3.46. The molecule has 2 aromatic carbocycles. The van der Waals surface area contributed by atoms with Crippen LogP contribution < -0.4 is 29.3 Å². The summed E-state index contributed by atoms with van der Waals surface area (Å²) in [5, 5.41) is 0. The molecule has 1 aromatic heterocycles. The van der Waals surface area contributed by atoms with Gasteiger partial charge in [0.05, 0.1) is 18.8 Å². The summed E-state index contributed by atoms with van der Waals surface area (Å²) in [4.78, 5) is 20.2. The smallest absolute Gasteiger partial charge is 0.271 e.